The Morgan fingerprint density at radius 3 is 2.24 bits per heavy atom. The Morgan fingerprint density at radius 2 is 1.59 bits per heavy atom. The number of likely N-dealkylation sites (N-methyl/N-ethyl adjacent to an activating group) is 1. The number of carbonyl (C=O) groups excluding carboxylic acids is 5. The minimum Gasteiger partial charge on any atom is -0.480 e. The van der Waals surface area contributed by atoms with Crippen molar-refractivity contribution >= 4 is 58.1 Å². The zero-order valence-electron chi connectivity index (χ0n) is 32.1. The minimum atomic E-state index is -3.20. The topological polar surface area (TPSA) is 249 Å². The summed E-state index contributed by atoms with van der Waals surface area (Å²) in [7, 11) is 0. The summed E-state index contributed by atoms with van der Waals surface area (Å²) in [6, 6.07) is 6.52. The Balaban J connectivity index is 1.22. The molecule has 0 bridgehead atoms. The van der Waals surface area contributed by atoms with E-state index in [0.717, 1.165) is 4.90 Å². The molecule has 2 aliphatic rings. The highest BCUT2D eigenvalue weighted by Crippen LogP contribution is 2.31. The van der Waals surface area contributed by atoms with Gasteiger partial charge in [-0.15, -0.1) is 0 Å². The highest BCUT2D eigenvalue weighted by molar-refractivity contribution is 6.10. The highest BCUT2D eigenvalue weighted by atomic mass is 19.3. The smallest absolute Gasteiger partial charge is 0.317 e. The van der Waals surface area contributed by atoms with E-state index in [1.54, 1.807) is 39.0 Å². The number of pyridine rings is 1. The number of aromatic nitrogens is 1. The van der Waals surface area contributed by atoms with Crippen molar-refractivity contribution in [1.82, 2.24) is 40.1 Å². The van der Waals surface area contributed by atoms with Gasteiger partial charge in [0.1, 0.15) is 6.04 Å². The van der Waals surface area contributed by atoms with Crippen LogP contribution < -0.4 is 16.0 Å². The molecule has 5 N–H and O–H groups in total. The summed E-state index contributed by atoms with van der Waals surface area (Å²) in [5.41, 5.74) is 0.636. The van der Waals surface area contributed by atoms with E-state index < -0.39 is 61.1 Å². The Kier molecular flexibility index (Phi) is 16.3. The number of anilines is 1. The van der Waals surface area contributed by atoms with Gasteiger partial charge in [0.25, 0.3) is 11.8 Å². The zero-order chi connectivity index (χ0) is 42.4. The third kappa shape index (κ3) is 13.1. The molecule has 1 aromatic carbocycles. The van der Waals surface area contributed by atoms with E-state index in [2.05, 4.69) is 20.9 Å². The fraction of sp³-hybridized carbons (Fsp3) is 0.541. The van der Waals surface area contributed by atoms with Crippen molar-refractivity contribution in [2.45, 2.75) is 38.2 Å². The molecule has 0 radical (unpaired) electrons. The van der Waals surface area contributed by atoms with Gasteiger partial charge in [0.05, 0.1) is 55.6 Å². The predicted molar refractivity (Wildman–Crippen MR) is 202 cm³/mol. The van der Waals surface area contributed by atoms with Gasteiger partial charge in [-0.2, -0.15) is 5.26 Å². The van der Waals surface area contributed by atoms with Crippen LogP contribution in [0.15, 0.2) is 30.5 Å². The van der Waals surface area contributed by atoms with Gasteiger partial charge in [-0.1, -0.05) is 19.1 Å². The van der Waals surface area contributed by atoms with Gasteiger partial charge < -0.3 is 40.9 Å². The van der Waals surface area contributed by atoms with E-state index in [-0.39, 0.29) is 74.1 Å². The number of amides is 5. The molecule has 0 unspecified atom stereocenters. The van der Waals surface area contributed by atoms with Crippen LogP contribution in [0.2, 0.25) is 0 Å². The van der Waals surface area contributed by atoms with Crippen LogP contribution in [-0.2, 0) is 28.8 Å². The molecule has 0 spiro atoms. The third-order valence-corrected chi connectivity index (χ3v) is 9.76. The lowest BCUT2D eigenvalue weighted by Gasteiger charge is -2.36. The fourth-order valence-electron chi connectivity index (χ4n) is 6.64. The molecule has 0 aliphatic carbocycles. The lowest BCUT2D eigenvalue weighted by Crippen LogP contribution is -2.53. The molecule has 1 atom stereocenters. The number of carboxylic acids is 2. The van der Waals surface area contributed by atoms with E-state index in [9.17, 15) is 47.4 Å². The number of nitrogens with zero attached hydrogens (tertiary/aromatic N) is 7. The molecule has 314 valence electrons. The van der Waals surface area contributed by atoms with Gasteiger partial charge in [0, 0.05) is 83.2 Å². The number of piperazine rings is 1. The molecule has 1 aromatic heterocycles. The summed E-state index contributed by atoms with van der Waals surface area (Å²) in [5.74, 6) is -7.64. The van der Waals surface area contributed by atoms with Crippen molar-refractivity contribution in [3.05, 3.63) is 36.0 Å². The summed E-state index contributed by atoms with van der Waals surface area (Å²) in [6.45, 7) is 3.08. The molecule has 2 aliphatic heterocycles. The van der Waals surface area contributed by atoms with E-state index >= 15 is 0 Å². The molecule has 21 heteroatoms. The van der Waals surface area contributed by atoms with Crippen LogP contribution in [-0.4, -0.2) is 185 Å². The van der Waals surface area contributed by atoms with Crippen molar-refractivity contribution < 1.29 is 52.6 Å². The van der Waals surface area contributed by atoms with Crippen LogP contribution in [0.5, 0.6) is 0 Å². The van der Waals surface area contributed by atoms with Gasteiger partial charge >= 0.3 is 11.9 Å². The Morgan fingerprint density at radius 1 is 0.897 bits per heavy atom. The molecule has 0 saturated carbocycles. The minimum absolute atomic E-state index is 0.0997. The van der Waals surface area contributed by atoms with Crippen LogP contribution in [0, 0.1) is 11.3 Å². The maximum absolute atomic E-state index is 13.8. The lowest BCUT2D eigenvalue weighted by atomic mass is 10.1. The van der Waals surface area contributed by atoms with E-state index in [1.165, 1.54) is 12.3 Å². The average Bonchev–Trinajstić information content (AvgIpc) is 3.52. The number of halogens is 2. The first-order valence-corrected chi connectivity index (χ1v) is 18.8. The summed E-state index contributed by atoms with van der Waals surface area (Å²) < 4.78 is 27.6. The molecule has 5 amide bonds. The Labute approximate surface area is 332 Å². The number of likely N-dealkylation sites (tertiary alicyclic amines) is 1. The SMILES string of the molecule is CCN(CCN(CCNCC(=O)O)CC(=O)O)CC(=O)N1CCN(C(=O)CCC(=O)Nc2cccc3c(C(=O)NCC(=O)N4CC(F)(F)C[C@H]4C#N)ccnc23)CC1. The van der Waals surface area contributed by atoms with Crippen molar-refractivity contribution in [2.75, 3.05) is 96.9 Å². The van der Waals surface area contributed by atoms with Crippen molar-refractivity contribution in [1.29, 1.82) is 5.26 Å². The van der Waals surface area contributed by atoms with E-state index in [1.807, 2.05) is 11.8 Å². The van der Waals surface area contributed by atoms with Crippen LogP contribution in [0.25, 0.3) is 10.9 Å². The normalized spacial score (nSPS) is 16.3. The number of para-hydroxylation sites is 1. The summed E-state index contributed by atoms with van der Waals surface area (Å²) >= 11 is 0. The van der Waals surface area contributed by atoms with Crippen molar-refractivity contribution in [3.8, 4) is 6.07 Å². The van der Waals surface area contributed by atoms with Crippen molar-refractivity contribution in [2.24, 2.45) is 0 Å². The number of aliphatic carboxylic acids is 2. The standard InChI is InChI=1S/C37H48F2N10O9/c1-2-45(12-13-46(23-34(56)57)11-10-41-21-33(54)55)22-32(53)48-16-14-47(15-17-48)30(51)7-6-29(50)44-28-5-3-4-26-27(8-9-42-35(26)28)36(58)43-20-31(52)49-24-37(38,39)18-25(49)19-40/h3-5,8-9,25,41H,2,6-7,10-18,20-24H2,1H3,(H,43,58)(H,44,50)(H,54,55)(H,56,57)/t25-/m0/s1. The largest absolute Gasteiger partial charge is 0.480 e. The number of rotatable bonds is 20. The molecule has 19 nitrogen and oxygen atoms in total. The molecule has 58 heavy (non-hydrogen) atoms. The van der Waals surface area contributed by atoms with Crippen LogP contribution in [0.1, 0.15) is 36.5 Å². The number of nitrogens with one attached hydrogen (secondary N) is 3. The number of fused-ring (bicyclic) bond motifs is 1. The summed E-state index contributed by atoms with van der Waals surface area (Å²) in [5, 5.41) is 35.4. The second kappa shape index (κ2) is 21.1. The van der Waals surface area contributed by atoms with Gasteiger partial charge in [0.2, 0.25) is 23.6 Å². The second-order valence-electron chi connectivity index (χ2n) is 13.9. The molecule has 2 aromatic rings. The zero-order valence-corrected chi connectivity index (χ0v) is 32.1. The quantitative estimate of drug-likeness (QED) is 0.106. The number of carboxylic acid groups (broad SMARTS) is 2. The molecular weight excluding hydrogens is 766 g/mol. The monoisotopic (exact) mass is 814 g/mol. The van der Waals surface area contributed by atoms with Crippen LogP contribution in [0.3, 0.4) is 0 Å². The number of alkyl halides is 2. The number of hydrogen-bond acceptors (Lipinski definition) is 12. The van der Waals surface area contributed by atoms with Crippen LogP contribution >= 0.6 is 0 Å². The Bertz CT molecular complexity index is 1890. The third-order valence-electron chi connectivity index (χ3n) is 9.76. The first-order chi connectivity index (χ1) is 27.6. The fourth-order valence-corrected chi connectivity index (χ4v) is 6.64. The number of nitriles is 1. The van der Waals surface area contributed by atoms with Gasteiger partial charge in [0.15, 0.2) is 0 Å². The molecule has 2 saturated heterocycles. The number of benzene rings is 1. The van der Waals surface area contributed by atoms with Gasteiger partial charge in [-0.25, -0.2) is 8.78 Å². The molecule has 3 heterocycles. The first-order valence-electron chi connectivity index (χ1n) is 18.8. The van der Waals surface area contributed by atoms with E-state index in [4.69, 9.17) is 10.4 Å². The van der Waals surface area contributed by atoms with Gasteiger partial charge in [-0.05, 0) is 18.7 Å². The molecule has 2 fully saturated rings. The summed E-state index contributed by atoms with van der Waals surface area (Å²) in [6.07, 6.45) is 0.300. The van der Waals surface area contributed by atoms with Crippen molar-refractivity contribution in [3.63, 3.8) is 0 Å². The van der Waals surface area contributed by atoms with Crippen LogP contribution in [0.4, 0.5) is 14.5 Å². The Hall–Kier alpha value is -5.85. The molecule has 4 rings (SSSR count). The first kappa shape index (κ1) is 44.9. The highest BCUT2D eigenvalue weighted by Gasteiger charge is 2.47. The van der Waals surface area contributed by atoms with E-state index in [0.29, 0.717) is 51.2 Å². The maximum Gasteiger partial charge on any atom is 0.317 e. The lowest BCUT2D eigenvalue weighted by molar-refractivity contribution is -0.140. The number of hydrogen-bond donors (Lipinski definition) is 5. The summed E-state index contributed by atoms with van der Waals surface area (Å²) in [4.78, 5) is 98.6. The predicted octanol–water partition coefficient (Wildman–Crippen LogP) is -0.503. The average molecular weight is 815 g/mol. The number of carbonyl (C=O) groups is 7. The van der Waals surface area contributed by atoms with Gasteiger partial charge in [-0.3, -0.25) is 48.3 Å². The second-order valence-corrected chi connectivity index (χ2v) is 13.9. The molecular formula is C37H48F2N10O9. The maximum atomic E-state index is 13.8.